The highest BCUT2D eigenvalue weighted by Gasteiger charge is 2.32. The van der Waals surface area contributed by atoms with Gasteiger partial charge in [0.25, 0.3) is 0 Å². The van der Waals surface area contributed by atoms with Gasteiger partial charge in [-0.2, -0.15) is 5.01 Å². The van der Waals surface area contributed by atoms with E-state index in [1.165, 1.54) is 0 Å². The Bertz CT molecular complexity index is 895. The minimum atomic E-state index is -0.356. The van der Waals surface area contributed by atoms with Gasteiger partial charge in [-0.15, -0.1) is 0 Å². The van der Waals surface area contributed by atoms with E-state index in [0.717, 1.165) is 44.3 Å². The number of hydrogen-bond donors (Lipinski definition) is 1. The molecule has 0 radical (unpaired) electrons. The van der Waals surface area contributed by atoms with Gasteiger partial charge in [-0.3, -0.25) is 20.0 Å². The fourth-order valence-corrected chi connectivity index (χ4v) is 4.33. The summed E-state index contributed by atoms with van der Waals surface area (Å²) in [5.41, 5.74) is 5.13. The summed E-state index contributed by atoms with van der Waals surface area (Å²) >= 11 is 0. The van der Waals surface area contributed by atoms with E-state index in [-0.39, 0.29) is 29.9 Å². The highest BCUT2D eigenvalue weighted by molar-refractivity contribution is 6.08. The van der Waals surface area contributed by atoms with Gasteiger partial charge in [-0.25, -0.2) is 0 Å². The van der Waals surface area contributed by atoms with Crippen LogP contribution in [-0.4, -0.2) is 47.5 Å². The summed E-state index contributed by atoms with van der Waals surface area (Å²) < 4.78 is 11.7. The number of carbonyl (C=O) groups excluding carboxylic acids is 2. The average Bonchev–Trinajstić information content (AvgIpc) is 3.31. The van der Waals surface area contributed by atoms with E-state index in [2.05, 4.69) is 17.3 Å². The predicted molar refractivity (Wildman–Crippen MR) is 120 cm³/mol. The fourth-order valence-electron chi connectivity index (χ4n) is 4.33. The Kier molecular flexibility index (Phi) is 7.63. The quantitative estimate of drug-likeness (QED) is 0.635. The molecule has 2 fully saturated rings. The summed E-state index contributed by atoms with van der Waals surface area (Å²) in [7, 11) is 0. The molecule has 1 atom stereocenters. The molecule has 2 aromatic rings. The zero-order chi connectivity index (χ0) is 22.3. The van der Waals surface area contributed by atoms with Gasteiger partial charge < -0.3 is 9.47 Å². The number of ketones is 1. The largest absolute Gasteiger partial charge is 0.378 e. The number of benzene rings is 1. The molecule has 0 spiro atoms. The van der Waals surface area contributed by atoms with Crippen LogP contribution in [0, 0.1) is 5.92 Å². The lowest BCUT2D eigenvalue weighted by atomic mass is 9.87. The second-order valence-electron chi connectivity index (χ2n) is 8.43. The van der Waals surface area contributed by atoms with E-state index in [9.17, 15) is 9.59 Å². The van der Waals surface area contributed by atoms with Crippen molar-refractivity contribution in [1.82, 2.24) is 15.4 Å². The molecule has 1 saturated carbocycles. The van der Waals surface area contributed by atoms with Crippen molar-refractivity contribution in [2.45, 2.75) is 51.4 Å². The standard InChI is InChI=1S/C25H31N3O4/c1-2-15-31-22-11-9-19(10-12-22)24(30)27-28-14-16-32-25(28)20-7-5-18(6-8-20)23(29)21-4-3-13-26-17-21/h3-8,13,17,19,22,25H,2,9-12,14-16H2,1H3,(H,27,30)/t19?,22?,25-/m0/s1. The minimum absolute atomic E-state index is 0.0113. The van der Waals surface area contributed by atoms with Crippen molar-refractivity contribution in [3.63, 3.8) is 0 Å². The number of hydrogen-bond acceptors (Lipinski definition) is 6. The molecule has 2 aliphatic rings. The zero-order valence-electron chi connectivity index (χ0n) is 18.5. The van der Waals surface area contributed by atoms with Crippen LogP contribution in [0.3, 0.4) is 0 Å². The molecular weight excluding hydrogens is 406 g/mol. The number of nitrogens with zero attached hydrogens (tertiary/aromatic N) is 2. The fraction of sp³-hybridized carbons (Fsp3) is 0.480. The Morgan fingerprint density at radius 3 is 2.59 bits per heavy atom. The van der Waals surface area contributed by atoms with Crippen molar-refractivity contribution >= 4 is 11.7 Å². The summed E-state index contributed by atoms with van der Waals surface area (Å²) in [6.07, 6.45) is 7.74. The van der Waals surface area contributed by atoms with Gasteiger partial charge >= 0.3 is 0 Å². The van der Waals surface area contributed by atoms with E-state index in [1.54, 1.807) is 36.7 Å². The SMILES string of the molecule is CCCOC1CCC(C(=O)NN2CCO[C@H]2c2ccc(C(=O)c3cccnc3)cc2)CC1. The maximum absolute atomic E-state index is 12.9. The van der Waals surface area contributed by atoms with Crippen LogP contribution >= 0.6 is 0 Å². The molecule has 1 aliphatic carbocycles. The monoisotopic (exact) mass is 437 g/mol. The summed E-state index contributed by atoms with van der Waals surface area (Å²) in [6.45, 7) is 4.07. The van der Waals surface area contributed by atoms with Gasteiger partial charge in [0, 0.05) is 42.6 Å². The third-order valence-electron chi connectivity index (χ3n) is 6.13. The average molecular weight is 438 g/mol. The summed E-state index contributed by atoms with van der Waals surface area (Å²) in [5.74, 6) is -0.00399. The normalized spacial score (nSPS) is 23.7. The summed E-state index contributed by atoms with van der Waals surface area (Å²) in [4.78, 5) is 29.5. The van der Waals surface area contributed by atoms with E-state index < -0.39 is 0 Å². The number of aromatic nitrogens is 1. The Hall–Kier alpha value is -2.61. The van der Waals surface area contributed by atoms with Crippen molar-refractivity contribution in [2.75, 3.05) is 19.8 Å². The molecule has 0 bridgehead atoms. The van der Waals surface area contributed by atoms with Crippen molar-refractivity contribution in [1.29, 1.82) is 0 Å². The van der Waals surface area contributed by atoms with Crippen LogP contribution in [-0.2, 0) is 14.3 Å². The third-order valence-corrected chi connectivity index (χ3v) is 6.13. The molecule has 7 heteroatoms. The second kappa shape index (κ2) is 10.8. The van der Waals surface area contributed by atoms with Gasteiger partial charge in [0.2, 0.25) is 5.91 Å². The molecule has 170 valence electrons. The molecule has 1 aromatic carbocycles. The van der Waals surface area contributed by atoms with Crippen molar-refractivity contribution < 1.29 is 19.1 Å². The lowest BCUT2D eigenvalue weighted by Crippen LogP contribution is -2.45. The molecule has 2 heterocycles. The summed E-state index contributed by atoms with van der Waals surface area (Å²) in [5, 5.41) is 1.86. The highest BCUT2D eigenvalue weighted by Crippen LogP contribution is 2.29. The Labute approximate surface area is 189 Å². The zero-order valence-corrected chi connectivity index (χ0v) is 18.5. The van der Waals surface area contributed by atoms with Crippen LogP contribution < -0.4 is 5.43 Å². The van der Waals surface area contributed by atoms with Gasteiger partial charge in [-0.1, -0.05) is 31.2 Å². The first-order valence-electron chi connectivity index (χ1n) is 11.5. The van der Waals surface area contributed by atoms with Crippen molar-refractivity contribution in [3.8, 4) is 0 Å². The Morgan fingerprint density at radius 2 is 1.91 bits per heavy atom. The van der Waals surface area contributed by atoms with Gasteiger partial charge in [0.15, 0.2) is 12.0 Å². The molecular formula is C25H31N3O4. The number of hydrazine groups is 1. The molecule has 1 aromatic heterocycles. The van der Waals surface area contributed by atoms with E-state index in [1.807, 2.05) is 17.1 Å². The molecule has 4 rings (SSSR count). The minimum Gasteiger partial charge on any atom is -0.378 e. The first-order valence-corrected chi connectivity index (χ1v) is 11.5. The maximum atomic E-state index is 12.9. The van der Waals surface area contributed by atoms with Gasteiger partial charge in [-0.05, 0) is 49.8 Å². The molecule has 1 saturated heterocycles. The van der Waals surface area contributed by atoms with Crippen LogP contribution in [0.2, 0.25) is 0 Å². The van der Waals surface area contributed by atoms with E-state index in [4.69, 9.17) is 9.47 Å². The topological polar surface area (TPSA) is 80.8 Å². The first-order chi connectivity index (χ1) is 15.7. The number of amides is 1. The Balaban J connectivity index is 1.33. The lowest BCUT2D eigenvalue weighted by molar-refractivity contribution is -0.134. The van der Waals surface area contributed by atoms with Crippen molar-refractivity contribution in [2.24, 2.45) is 5.92 Å². The van der Waals surface area contributed by atoms with Crippen molar-refractivity contribution in [3.05, 3.63) is 65.5 Å². The number of ether oxygens (including phenoxy) is 2. The van der Waals surface area contributed by atoms with Crippen LogP contribution in [0.15, 0.2) is 48.8 Å². The van der Waals surface area contributed by atoms with E-state index in [0.29, 0.717) is 24.3 Å². The second-order valence-corrected chi connectivity index (χ2v) is 8.43. The van der Waals surface area contributed by atoms with Gasteiger partial charge in [0.05, 0.1) is 12.7 Å². The van der Waals surface area contributed by atoms with Crippen LogP contribution in [0.1, 0.15) is 66.7 Å². The molecule has 1 amide bonds. The lowest BCUT2D eigenvalue weighted by Gasteiger charge is -2.30. The smallest absolute Gasteiger partial charge is 0.237 e. The number of nitrogens with one attached hydrogen (secondary N) is 1. The molecule has 0 unspecified atom stereocenters. The van der Waals surface area contributed by atoms with E-state index >= 15 is 0 Å². The van der Waals surface area contributed by atoms with Crippen LogP contribution in [0.4, 0.5) is 0 Å². The van der Waals surface area contributed by atoms with Crippen LogP contribution in [0.5, 0.6) is 0 Å². The Morgan fingerprint density at radius 1 is 1.12 bits per heavy atom. The molecule has 7 nitrogen and oxygen atoms in total. The number of pyridine rings is 1. The number of carbonyl (C=O) groups is 2. The third kappa shape index (κ3) is 5.41. The number of rotatable bonds is 8. The maximum Gasteiger partial charge on any atom is 0.237 e. The van der Waals surface area contributed by atoms with Crippen LogP contribution in [0.25, 0.3) is 0 Å². The summed E-state index contributed by atoms with van der Waals surface area (Å²) in [6, 6.07) is 10.9. The first kappa shape index (κ1) is 22.6. The highest BCUT2D eigenvalue weighted by atomic mass is 16.5. The molecule has 1 N–H and O–H groups in total. The molecule has 1 aliphatic heterocycles. The van der Waals surface area contributed by atoms with Gasteiger partial charge in [0.1, 0.15) is 0 Å². The molecule has 32 heavy (non-hydrogen) atoms. The predicted octanol–water partition coefficient (Wildman–Crippen LogP) is 3.66.